The summed E-state index contributed by atoms with van der Waals surface area (Å²) in [6, 6.07) is 12.5. The number of halogens is 2. The zero-order valence-corrected chi connectivity index (χ0v) is 14.7. The van der Waals surface area contributed by atoms with E-state index < -0.39 is 0 Å². The standard InChI is InChI=1S/C21H22F2N2O/c1-15(17-4-8-20(23)9-5-17)24-21(26)18-10-12-25(13-11-18)14-16-2-6-19(22)7-3-16/h2-10,15H,11-14H2,1H3,(H,24,26)/t15-/m0/s1. The molecule has 26 heavy (non-hydrogen) atoms. The molecule has 0 aliphatic carbocycles. The lowest BCUT2D eigenvalue weighted by Crippen LogP contribution is -2.34. The Morgan fingerprint density at radius 1 is 1.08 bits per heavy atom. The van der Waals surface area contributed by atoms with Gasteiger partial charge >= 0.3 is 0 Å². The van der Waals surface area contributed by atoms with Gasteiger partial charge in [-0.2, -0.15) is 0 Å². The van der Waals surface area contributed by atoms with Crippen molar-refractivity contribution < 1.29 is 13.6 Å². The van der Waals surface area contributed by atoms with E-state index in [2.05, 4.69) is 10.2 Å². The largest absolute Gasteiger partial charge is 0.346 e. The van der Waals surface area contributed by atoms with Gasteiger partial charge in [0, 0.05) is 25.2 Å². The SMILES string of the molecule is C[C@H](NC(=O)C1=CCN(Cc2ccc(F)cc2)CC1)c1ccc(F)cc1. The second-order valence-corrected chi connectivity index (χ2v) is 6.59. The monoisotopic (exact) mass is 356 g/mol. The number of hydrogen-bond donors (Lipinski definition) is 1. The molecule has 1 heterocycles. The first-order chi connectivity index (χ1) is 12.5. The van der Waals surface area contributed by atoms with Crippen LogP contribution >= 0.6 is 0 Å². The van der Waals surface area contributed by atoms with E-state index in [1.165, 1.54) is 24.3 Å². The van der Waals surface area contributed by atoms with Gasteiger partial charge in [0.05, 0.1) is 6.04 Å². The Hall–Kier alpha value is -2.53. The molecular formula is C21H22F2N2O. The molecule has 2 aromatic rings. The van der Waals surface area contributed by atoms with Crippen molar-refractivity contribution in [3.8, 4) is 0 Å². The number of carbonyl (C=O) groups is 1. The van der Waals surface area contributed by atoms with Crippen molar-refractivity contribution in [2.45, 2.75) is 25.9 Å². The minimum absolute atomic E-state index is 0.0803. The Balaban J connectivity index is 1.53. The van der Waals surface area contributed by atoms with Crippen LogP contribution in [0, 0.1) is 11.6 Å². The maximum atomic E-state index is 13.0. The molecule has 0 fully saturated rings. The number of amides is 1. The molecule has 1 amide bonds. The van der Waals surface area contributed by atoms with Crippen molar-refractivity contribution in [1.82, 2.24) is 10.2 Å². The Labute approximate surface area is 152 Å². The van der Waals surface area contributed by atoms with Gasteiger partial charge in [-0.05, 0) is 48.7 Å². The summed E-state index contributed by atoms with van der Waals surface area (Å²) >= 11 is 0. The molecule has 1 N–H and O–H groups in total. The number of nitrogens with zero attached hydrogens (tertiary/aromatic N) is 1. The number of rotatable bonds is 5. The minimum atomic E-state index is -0.288. The van der Waals surface area contributed by atoms with Crippen LogP contribution in [0.15, 0.2) is 60.2 Å². The Bertz CT molecular complexity index is 785. The van der Waals surface area contributed by atoms with E-state index in [1.54, 1.807) is 24.3 Å². The molecule has 0 bridgehead atoms. The van der Waals surface area contributed by atoms with E-state index in [1.807, 2.05) is 13.0 Å². The molecule has 136 valence electrons. The van der Waals surface area contributed by atoms with E-state index in [0.29, 0.717) is 13.0 Å². The second kappa shape index (κ2) is 8.23. The fourth-order valence-corrected chi connectivity index (χ4v) is 3.03. The summed E-state index contributed by atoms with van der Waals surface area (Å²) in [4.78, 5) is 14.7. The highest BCUT2D eigenvalue weighted by molar-refractivity contribution is 5.93. The van der Waals surface area contributed by atoms with Crippen molar-refractivity contribution in [1.29, 1.82) is 0 Å². The zero-order valence-electron chi connectivity index (χ0n) is 14.7. The van der Waals surface area contributed by atoms with Crippen LogP contribution in [0.2, 0.25) is 0 Å². The van der Waals surface area contributed by atoms with Crippen LogP contribution in [0.25, 0.3) is 0 Å². The normalized spacial score (nSPS) is 16.0. The van der Waals surface area contributed by atoms with E-state index in [9.17, 15) is 13.6 Å². The van der Waals surface area contributed by atoms with E-state index in [4.69, 9.17) is 0 Å². The van der Waals surface area contributed by atoms with Gasteiger partial charge in [0.25, 0.3) is 0 Å². The lowest BCUT2D eigenvalue weighted by Gasteiger charge is -2.26. The lowest BCUT2D eigenvalue weighted by atomic mass is 10.0. The zero-order chi connectivity index (χ0) is 18.5. The predicted octanol–water partition coefficient (Wildman–Crippen LogP) is 3.97. The summed E-state index contributed by atoms with van der Waals surface area (Å²) in [5.41, 5.74) is 2.70. The summed E-state index contributed by atoms with van der Waals surface area (Å²) in [7, 11) is 0. The van der Waals surface area contributed by atoms with Gasteiger partial charge < -0.3 is 5.32 Å². The Morgan fingerprint density at radius 2 is 1.69 bits per heavy atom. The molecule has 0 saturated heterocycles. The first-order valence-electron chi connectivity index (χ1n) is 8.73. The van der Waals surface area contributed by atoms with Crippen LogP contribution in [0.4, 0.5) is 8.78 Å². The Morgan fingerprint density at radius 3 is 2.27 bits per heavy atom. The second-order valence-electron chi connectivity index (χ2n) is 6.59. The van der Waals surface area contributed by atoms with Crippen LogP contribution in [-0.4, -0.2) is 23.9 Å². The van der Waals surface area contributed by atoms with Crippen molar-refractivity contribution in [2.75, 3.05) is 13.1 Å². The van der Waals surface area contributed by atoms with E-state index in [-0.39, 0.29) is 23.6 Å². The first-order valence-corrected chi connectivity index (χ1v) is 8.73. The quantitative estimate of drug-likeness (QED) is 0.879. The maximum Gasteiger partial charge on any atom is 0.247 e. The first kappa shape index (κ1) is 18.3. The molecule has 0 radical (unpaired) electrons. The molecular weight excluding hydrogens is 334 g/mol. The van der Waals surface area contributed by atoms with Crippen LogP contribution < -0.4 is 5.32 Å². The summed E-state index contributed by atoms with van der Waals surface area (Å²) in [6.07, 6.45) is 2.61. The third kappa shape index (κ3) is 4.76. The fourth-order valence-electron chi connectivity index (χ4n) is 3.03. The summed E-state index contributed by atoms with van der Waals surface area (Å²) in [5.74, 6) is -0.603. The highest BCUT2D eigenvalue weighted by Crippen LogP contribution is 2.17. The fraction of sp³-hybridized carbons (Fsp3) is 0.286. The van der Waals surface area contributed by atoms with Gasteiger partial charge in [0.2, 0.25) is 5.91 Å². The number of nitrogens with one attached hydrogen (secondary N) is 1. The molecule has 1 atom stereocenters. The highest BCUT2D eigenvalue weighted by Gasteiger charge is 2.19. The molecule has 3 rings (SSSR count). The molecule has 0 aromatic heterocycles. The van der Waals surface area contributed by atoms with Crippen LogP contribution in [-0.2, 0) is 11.3 Å². The molecule has 1 aliphatic heterocycles. The third-order valence-corrected chi connectivity index (χ3v) is 4.62. The molecule has 3 nitrogen and oxygen atoms in total. The van der Waals surface area contributed by atoms with Crippen LogP contribution in [0.3, 0.4) is 0 Å². The molecule has 1 aliphatic rings. The van der Waals surface area contributed by atoms with Gasteiger partial charge in [-0.25, -0.2) is 8.78 Å². The summed E-state index contributed by atoms with van der Waals surface area (Å²) in [5, 5.41) is 2.97. The van der Waals surface area contributed by atoms with E-state index >= 15 is 0 Å². The molecule has 0 unspecified atom stereocenters. The molecule has 0 spiro atoms. The van der Waals surface area contributed by atoms with Crippen molar-refractivity contribution >= 4 is 5.91 Å². The average Bonchev–Trinajstić information content (AvgIpc) is 2.64. The van der Waals surface area contributed by atoms with Gasteiger partial charge in [-0.1, -0.05) is 30.3 Å². The number of carbonyl (C=O) groups excluding carboxylic acids is 1. The third-order valence-electron chi connectivity index (χ3n) is 4.62. The summed E-state index contributed by atoms with van der Waals surface area (Å²) in [6.45, 7) is 4.08. The lowest BCUT2D eigenvalue weighted by molar-refractivity contribution is -0.118. The van der Waals surface area contributed by atoms with Gasteiger partial charge in [-0.3, -0.25) is 9.69 Å². The van der Waals surface area contributed by atoms with Gasteiger partial charge in [0.1, 0.15) is 11.6 Å². The average molecular weight is 356 g/mol. The highest BCUT2D eigenvalue weighted by atomic mass is 19.1. The predicted molar refractivity (Wildman–Crippen MR) is 97.3 cm³/mol. The minimum Gasteiger partial charge on any atom is -0.346 e. The van der Waals surface area contributed by atoms with Crippen molar-refractivity contribution in [3.05, 3.63) is 82.9 Å². The molecule has 0 saturated carbocycles. The maximum absolute atomic E-state index is 13.0. The van der Waals surface area contributed by atoms with E-state index in [0.717, 1.165) is 29.8 Å². The topological polar surface area (TPSA) is 32.3 Å². The Kier molecular flexibility index (Phi) is 5.78. The van der Waals surface area contributed by atoms with Crippen LogP contribution in [0.1, 0.15) is 30.5 Å². The van der Waals surface area contributed by atoms with Crippen molar-refractivity contribution in [2.24, 2.45) is 0 Å². The van der Waals surface area contributed by atoms with Crippen molar-refractivity contribution in [3.63, 3.8) is 0 Å². The van der Waals surface area contributed by atoms with Crippen LogP contribution in [0.5, 0.6) is 0 Å². The number of hydrogen-bond acceptors (Lipinski definition) is 2. The smallest absolute Gasteiger partial charge is 0.247 e. The van der Waals surface area contributed by atoms with Gasteiger partial charge in [-0.15, -0.1) is 0 Å². The summed E-state index contributed by atoms with van der Waals surface area (Å²) < 4.78 is 26.0. The molecule has 5 heteroatoms. The number of benzene rings is 2. The van der Waals surface area contributed by atoms with Gasteiger partial charge in [0.15, 0.2) is 0 Å². The molecule has 2 aromatic carbocycles.